The highest BCUT2D eigenvalue weighted by molar-refractivity contribution is 7.89. The summed E-state index contributed by atoms with van der Waals surface area (Å²) in [6.45, 7) is 5.61. The summed E-state index contributed by atoms with van der Waals surface area (Å²) in [4.78, 5) is 0.269. The Morgan fingerprint density at radius 2 is 2.19 bits per heavy atom. The number of hydrogen-bond donors (Lipinski definition) is 2. The normalized spacial score (nSPS) is 11.3. The van der Waals surface area contributed by atoms with Crippen molar-refractivity contribution in [3.8, 4) is 0 Å². The Balaban J connectivity index is 2.94. The zero-order valence-corrected chi connectivity index (χ0v) is 10.0. The summed E-state index contributed by atoms with van der Waals surface area (Å²) in [5.74, 6) is 0. The van der Waals surface area contributed by atoms with Crippen LogP contribution >= 0.6 is 0 Å². The number of benzene rings is 1. The van der Waals surface area contributed by atoms with Crippen molar-refractivity contribution in [2.75, 3.05) is 12.3 Å². The van der Waals surface area contributed by atoms with Crippen LogP contribution in [-0.2, 0) is 10.0 Å². The zero-order chi connectivity index (χ0) is 12.2. The third-order valence-corrected chi connectivity index (χ3v) is 3.75. The number of anilines is 1. The third-order valence-electron chi connectivity index (χ3n) is 2.13. The predicted octanol–water partition coefficient (Wildman–Crippen LogP) is 1.43. The lowest BCUT2D eigenvalue weighted by molar-refractivity contribution is 0.581. The number of nitrogens with one attached hydrogen (secondary N) is 1. The SMILES string of the molecule is C=CCCNS(=O)(=O)c1ccc(N)cc1C. The van der Waals surface area contributed by atoms with Gasteiger partial charge in [-0.15, -0.1) is 6.58 Å². The molecule has 1 aromatic carbocycles. The van der Waals surface area contributed by atoms with Gasteiger partial charge < -0.3 is 5.73 Å². The van der Waals surface area contributed by atoms with Gasteiger partial charge in [0.15, 0.2) is 0 Å². The Bertz CT molecular complexity index is 481. The van der Waals surface area contributed by atoms with Gasteiger partial charge in [-0.25, -0.2) is 13.1 Å². The number of nitrogen functional groups attached to an aromatic ring is 1. The van der Waals surface area contributed by atoms with Crippen LogP contribution in [0, 0.1) is 6.92 Å². The molecule has 0 aliphatic rings. The van der Waals surface area contributed by atoms with E-state index in [2.05, 4.69) is 11.3 Å². The number of aryl methyl sites for hydroxylation is 1. The standard InChI is InChI=1S/C11H16N2O2S/c1-3-4-7-13-16(14,15)11-6-5-10(12)8-9(11)2/h3,5-6,8,13H,1,4,7,12H2,2H3. The van der Waals surface area contributed by atoms with E-state index in [1.807, 2.05) is 0 Å². The summed E-state index contributed by atoms with van der Waals surface area (Å²) >= 11 is 0. The first-order valence-electron chi connectivity index (χ1n) is 4.94. The van der Waals surface area contributed by atoms with Crippen LogP contribution in [0.4, 0.5) is 5.69 Å². The minimum Gasteiger partial charge on any atom is -0.399 e. The second-order valence-electron chi connectivity index (χ2n) is 3.50. The molecule has 0 aromatic heterocycles. The highest BCUT2D eigenvalue weighted by atomic mass is 32.2. The van der Waals surface area contributed by atoms with E-state index >= 15 is 0 Å². The second-order valence-corrected chi connectivity index (χ2v) is 5.24. The van der Waals surface area contributed by atoms with Crippen LogP contribution in [0.15, 0.2) is 35.7 Å². The smallest absolute Gasteiger partial charge is 0.240 e. The summed E-state index contributed by atoms with van der Waals surface area (Å²) in [5.41, 5.74) is 6.77. The topological polar surface area (TPSA) is 72.2 Å². The molecule has 3 N–H and O–H groups in total. The minimum atomic E-state index is -3.43. The van der Waals surface area contributed by atoms with Gasteiger partial charge in [0.25, 0.3) is 0 Å². The Kier molecular flexibility index (Phi) is 4.09. The van der Waals surface area contributed by atoms with Gasteiger partial charge >= 0.3 is 0 Å². The van der Waals surface area contributed by atoms with Crippen LogP contribution in [0.3, 0.4) is 0 Å². The molecule has 0 radical (unpaired) electrons. The molecule has 0 aliphatic carbocycles. The van der Waals surface area contributed by atoms with Gasteiger partial charge in [0, 0.05) is 12.2 Å². The maximum absolute atomic E-state index is 11.9. The molecule has 16 heavy (non-hydrogen) atoms. The van der Waals surface area contributed by atoms with E-state index in [1.54, 1.807) is 25.1 Å². The molecule has 88 valence electrons. The number of nitrogens with two attached hydrogens (primary N) is 1. The summed E-state index contributed by atoms with van der Waals surface area (Å²) in [5, 5.41) is 0. The molecule has 0 saturated heterocycles. The molecule has 4 nitrogen and oxygen atoms in total. The van der Waals surface area contributed by atoms with Crippen molar-refractivity contribution in [3.63, 3.8) is 0 Å². The van der Waals surface area contributed by atoms with Gasteiger partial charge in [0.2, 0.25) is 10.0 Å². The monoisotopic (exact) mass is 240 g/mol. The van der Waals surface area contributed by atoms with Crippen molar-refractivity contribution in [2.24, 2.45) is 0 Å². The van der Waals surface area contributed by atoms with Crippen LogP contribution in [0.5, 0.6) is 0 Å². The van der Waals surface area contributed by atoms with E-state index in [4.69, 9.17) is 5.73 Å². The predicted molar refractivity (Wildman–Crippen MR) is 65.6 cm³/mol. The average molecular weight is 240 g/mol. The van der Waals surface area contributed by atoms with Gasteiger partial charge in [-0.05, 0) is 37.1 Å². The number of sulfonamides is 1. The summed E-state index contributed by atoms with van der Waals surface area (Å²) < 4.78 is 26.2. The molecule has 1 aromatic rings. The highest BCUT2D eigenvalue weighted by Gasteiger charge is 2.15. The first-order chi connectivity index (χ1) is 7.47. The second kappa shape index (κ2) is 5.14. The van der Waals surface area contributed by atoms with Crippen molar-refractivity contribution in [1.29, 1.82) is 0 Å². The van der Waals surface area contributed by atoms with Crippen LogP contribution < -0.4 is 10.5 Å². The van der Waals surface area contributed by atoms with Crippen LogP contribution in [0.2, 0.25) is 0 Å². The van der Waals surface area contributed by atoms with Gasteiger partial charge in [-0.3, -0.25) is 0 Å². The Morgan fingerprint density at radius 1 is 1.50 bits per heavy atom. The Labute approximate surface area is 96.2 Å². The molecule has 0 bridgehead atoms. The fraction of sp³-hybridized carbons (Fsp3) is 0.273. The van der Waals surface area contributed by atoms with Gasteiger partial charge in [-0.2, -0.15) is 0 Å². The van der Waals surface area contributed by atoms with Crippen molar-refractivity contribution < 1.29 is 8.42 Å². The Morgan fingerprint density at radius 3 is 2.75 bits per heavy atom. The van der Waals surface area contributed by atoms with E-state index in [0.29, 0.717) is 24.2 Å². The van der Waals surface area contributed by atoms with E-state index in [-0.39, 0.29) is 4.90 Å². The molecule has 0 saturated carbocycles. The molecule has 0 fully saturated rings. The number of hydrogen-bond acceptors (Lipinski definition) is 3. The zero-order valence-electron chi connectivity index (χ0n) is 9.23. The highest BCUT2D eigenvalue weighted by Crippen LogP contribution is 2.17. The maximum Gasteiger partial charge on any atom is 0.240 e. The van der Waals surface area contributed by atoms with Crippen LogP contribution in [-0.4, -0.2) is 15.0 Å². The van der Waals surface area contributed by atoms with Crippen molar-refractivity contribution >= 4 is 15.7 Å². The van der Waals surface area contributed by atoms with Crippen LogP contribution in [0.25, 0.3) is 0 Å². The van der Waals surface area contributed by atoms with Gasteiger partial charge in [0.1, 0.15) is 0 Å². The lowest BCUT2D eigenvalue weighted by atomic mass is 10.2. The van der Waals surface area contributed by atoms with E-state index < -0.39 is 10.0 Å². The first kappa shape index (κ1) is 12.7. The first-order valence-corrected chi connectivity index (χ1v) is 6.42. The summed E-state index contributed by atoms with van der Waals surface area (Å²) in [6, 6.07) is 4.73. The molecular formula is C11H16N2O2S. The van der Waals surface area contributed by atoms with Gasteiger partial charge in [0.05, 0.1) is 4.90 Å². The van der Waals surface area contributed by atoms with E-state index in [9.17, 15) is 8.42 Å². The molecule has 0 amide bonds. The molecule has 0 atom stereocenters. The Hall–Kier alpha value is -1.33. The summed E-state index contributed by atoms with van der Waals surface area (Å²) in [6.07, 6.45) is 2.27. The average Bonchev–Trinajstić information content (AvgIpc) is 2.17. The summed E-state index contributed by atoms with van der Waals surface area (Å²) in [7, 11) is -3.43. The fourth-order valence-corrected chi connectivity index (χ4v) is 2.62. The largest absolute Gasteiger partial charge is 0.399 e. The van der Waals surface area contributed by atoms with Crippen LogP contribution in [0.1, 0.15) is 12.0 Å². The van der Waals surface area contributed by atoms with E-state index in [0.717, 1.165) is 0 Å². The van der Waals surface area contributed by atoms with Crippen molar-refractivity contribution in [3.05, 3.63) is 36.4 Å². The molecule has 0 unspecified atom stereocenters. The molecule has 1 rings (SSSR count). The molecule has 5 heteroatoms. The van der Waals surface area contributed by atoms with Gasteiger partial charge in [-0.1, -0.05) is 6.08 Å². The lowest BCUT2D eigenvalue weighted by Crippen LogP contribution is -2.25. The quantitative estimate of drug-likeness (QED) is 0.464. The lowest BCUT2D eigenvalue weighted by Gasteiger charge is -2.08. The third kappa shape index (κ3) is 3.08. The van der Waals surface area contributed by atoms with Crippen molar-refractivity contribution in [1.82, 2.24) is 4.72 Å². The fourth-order valence-electron chi connectivity index (χ4n) is 1.35. The maximum atomic E-state index is 11.9. The molecule has 0 spiro atoms. The molecular weight excluding hydrogens is 224 g/mol. The van der Waals surface area contributed by atoms with E-state index in [1.165, 1.54) is 6.07 Å². The minimum absolute atomic E-state index is 0.269. The number of rotatable bonds is 5. The van der Waals surface area contributed by atoms with Crippen molar-refractivity contribution in [2.45, 2.75) is 18.2 Å². The molecule has 0 heterocycles. The molecule has 0 aliphatic heterocycles.